The van der Waals surface area contributed by atoms with Gasteiger partial charge in [0.25, 0.3) is 11.8 Å². The summed E-state index contributed by atoms with van der Waals surface area (Å²) in [5.74, 6) is -0.784. The van der Waals surface area contributed by atoms with Crippen molar-refractivity contribution >= 4 is 23.6 Å². The van der Waals surface area contributed by atoms with E-state index >= 15 is 0 Å². The third-order valence-electron chi connectivity index (χ3n) is 7.87. The quantitative estimate of drug-likeness (QED) is 0.377. The van der Waals surface area contributed by atoms with Gasteiger partial charge in [-0.3, -0.25) is 24.4 Å². The van der Waals surface area contributed by atoms with E-state index < -0.39 is 30.3 Å². The van der Waals surface area contributed by atoms with Crippen LogP contribution in [0.5, 0.6) is 0 Å². The summed E-state index contributed by atoms with van der Waals surface area (Å²) in [5, 5.41) is 0. The molecule has 0 N–H and O–H groups in total. The molecule has 3 aromatic rings. The Hall–Kier alpha value is -4.27. The molecule has 5 rings (SSSR count). The number of amides is 3. The number of carbonyl (C=O) groups excluding carboxylic acids is 3. The highest BCUT2D eigenvalue weighted by atomic mass is 19.1. The zero-order valence-corrected chi connectivity index (χ0v) is 24.3. The molecular weight excluding hydrogens is 535 g/mol. The van der Waals surface area contributed by atoms with E-state index in [1.54, 1.807) is 24.5 Å². The Morgan fingerprint density at radius 3 is 2.36 bits per heavy atom. The second kappa shape index (κ2) is 12.3. The number of aromatic nitrogens is 1. The lowest BCUT2D eigenvalue weighted by molar-refractivity contribution is -0.141. The molecule has 0 bridgehead atoms. The van der Waals surface area contributed by atoms with Gasteiger partial charge >= 0.3 is 6.09 Å². The number of hydrogen-bond acceptors (Lipinski definition) is 5. The molecule has 0 spiro atoms. The van der Waals surface area contributed by atoms with Gasteiger partial charge in [0.2, 0.25) is 0 Å². The van der Waals surface area contributed by atoms with E-state index in [4.69, 9.17) is 4.74 Å². The molecule has 2 atom stereocenters. The Labute approximate surface area is 246 Å². The third-order valence-corrected chi connectivity index (χ3v) is 7.87. The molecule has 2 aliphatic rings. The minimum Gasteiger partial charge on any atom is -0.445 e. The van der Waals surface area contributed by atoms with Crippen LogP contribution in [0.3, 0.4) is 0 Å². The van der Waals surface area contributed by atoms with Gasteiger partial charge in [-0.05, 0) is 47.6 Å². The first-order valence-corrected chi connectivity index (χ1v) is 14.4. The highest BCUT2D eigenvalue weighted by molar-refractivity contribution is 6.05. The van der Waals surface area contributed by atoms with Gasteiger partial charge in [0.05, 0.1) is 13.1 Å². The van der Waals surface area contributed by atoms with Crippen molar-refractivity contribution in [2.45, 2.75) is 63.9 Å². The number of carbonyl (C=O) groups is 3. The van der Waals surface area contributed by atoms with Gasteiger partial charge in [0, 0.05) is 30.2 Å². The normalized spacial score (nSPS) is 17.9. The maximum atomic E-state index is 14.5. The van der Waals surface area contributed by atoms with Gasteiger partial charge in [0.15, 0.2) is 0 Å². The third kappa shape index (κ3) is 6.30. The van der Waals surface area contributed by atoms with Crippen LogP contribution < -0.4 is 4.90 Å². The van der Waals surface area contributed by atoms with Crippen LogP contribution >= 0.6 is 0 Å². The number of ether oxygens (including phenoxy) is 1. The molecule has 220 valence electrons. The lowest BCUT2D eigenvalue weighted by Gasteiger charge is -2.41. The maximum Gasteiger partial charge on any atom is 0.410 e. The summed E-state index contributed by atoms with van der Waals surface area (Å²) in [6.07, 6.45) is 2.53. The van der Waals surface area contributed by atoms with E-state index in [2.05, 4.69) is 25.8 Å². The molecule has 3 heterocycles. The highest BCUT2D eigenvalue weighted by Gasteiger charge is 2.45. The topological polar surface area (TPSA) is 83.1 Å². The molecule has 0 radical (unpaired) electrons. The molecule has 0 aliphatic carbocycles. The largest absolute Gasteiger partial charge is 0.445 e. The number of rotatable bonds is 7. The second-order valence-corrected chi connectivity index (χ2v) is 11.9. The fraction of sp³-hybridized carbons (Fsp3) is 0.394. The summed E-state index contributed by atoms with van der Waals surface area (Å²) in [5.41, 5.74) is 2.81. The molecule has 8 nitrogen and oxygen atoms in total. The lowest BCUT2D eigenvalue weighted by atomic mass is 9.87. The lowest BCUT2D eigenvalue weighted by Crippen LogP contribution is -2.57. The number of hydrogen-bond donors (Lipinski definition) is 0. The number of pyridine rings is 1. The number of benzene rings is 2. The second-order valence-electron chi connectivity index (χ2n) is 11.9. The predicted octanol–water partition coefficient (Wildman–Crippen LogP) is 5.43. The van der Waals surface area contributed by atoms with Gasteiger partial charge in [-0.25, -0.2) is 9.18 Å². The summed E-state index contributed by atoms with van der Waals surface area (Å²) >= 11 is 0. The van der Waals surface area contributed by atoms with Crippen molar-refractivity contribution in [2.75, 3.05) is 24.5 Å². The van der Waals surface area contributed by atoms with Gasteiger partial charge in [-0.2, -0.15) is 0 Å². The van der Waals surface area contributed by atoms with Crippen molar-refractivity contribution in [3.63, 3.8) is 0 Å². The average Bonchev–Trinajstić information content (AvgIpc) is 3.47. The van der Waals surface area contributed by atoms with Gasteiger partial charge in [-0.15, -0.1) is 0 Å². The summed E-state index contributed by atoms with van der Waals surface area (Å²) in [4.78, 5) is 50.3. The first kappa shape index (κ1) is 29.2. The number of likely N-dealkylation sites (tertiary alicyclic amines) is 2. The van der Waals surface area contributed by atoms with Crippen LogP contribution in [0.25, 0.3) is 0 Å². The Morgan fingerprint density at radius 1 is 1.02 bits per heavy atom. The molecule has 1 unspecified atom stereocenters. The van der Waals surface area contributed by atoms with Crippen LogP contribution in [0.15, 0.2) is 79.1 Å². The van der Waals surface area contributed by atoms with E-state index in [-0.39, 0.29) is 31.0 Å². The molecule has 2 fully saturated rings. The van der Waals surface area contributed by atoms with Crippen molar-refractivity contribution in [1.82, 2.24) is 14.8 Å². The minimum atomic E-state index is -1.09. The van der Waals surface area contributed by atoms with Crippen molar-refractivity contribution in [1.29, 1.82) is 0 Å². The fourth-order valence-corrected chi connectivity index (χ4v) is 5.45. The number of halogens is 1. The van der Waals surface area contributed by atoms with E-state index in [9.17, 15) is 18.8 Å². The van der Waals surface area contributed by atoms with Crippen LogP contribution in [0.2, 0.25) is 0 Å². The van der Waals surface area contributed by atoms with E-state index in [1.165, 1.54) is 14.7 Å². The summed E-state index contributed by atoms with van der Waals surface area (Å²) < 4.78 is 19.5. The van der Waals surface area contributed by atoms with Crippen LogP contribution in [0, 0.1) is 0 Å². The van der Waals surface area contributed by atoms with Crippen molar-refractivity contribution in [3.05, 3.63) is 95.8 Å². The highest BCUT2D eigenvalue weighted by Crippen LogP contribution is 2.35. The number of nitrogens with zero attached hydrogens (tertiary/aromatic N) is 4. The van der Waals surface area contributed by atoms with Gasteiger partial charge < -0.3 is 9.64 Å². The summed E-state index contributed by atoms with van der Waals surface area (Å²) in [6, 6.07) is 18.4. The zero-order valence-electron chi connectivity index (χ0n) is 24.3. The van der Waals surface area contributed by atoms with Crippen LogP contribution in [0.1, 0.15) is 56.3 Å². The van der Waals surface area contributed by atoms with Crippen LogP contribution in [-0.2, 0) is 26.3 Å². The van der Waals surface area contributed by atoms with E-state index in [0.29, 0.717) is 30.6 Å². The SMILES string of the molecule is CC(C)(C)c1ccc(N(C(=O)[C@H]2CCCN2C(=O)OCc2ccccc2)C(C(=O)N2CC(F)C2)c2cccnc2)cc1. The van der Waals surface area contributed by atoms with Gasteiger partial charge in [0.1, 0.15) is 24.9 Å². The first-order chi connectivity index (χ1) is 20.1. The molecule has 2 saturated heterocycles. The van der Waals surface area contributed by atoms with Crippen LogP contribution in [0.4, 0.5) is 14.9 Å². The Kier molecular flexibility index (Phi) is 8.56. The molecule has 1 aromatic heterocycles. The Morgan fingerprint density at radius 2 is 1.74 bits per heavy atom. The van der Waals surface area contributed by atoms with Crippen LogP contribution in [-0.4, -0.2) is 64.5 Å². The molecule has 42 heavy (non-hydrogen) atoms. The molecule has 0 saturated carbocycles. The monoisotopic (exact) mass is 572 g/mol. The van der Waals surface area contributed by atoms with Gasteiger partial charge in [-0.1, -0.05) is 69.3 Å². The molecule has 3 amide bonds. The first-order valence-electron chi connectivity index (χ1n) is 14.4. The number of alkyl halides is 1. The minimum absolute atomic E-state index is 0.0258. The smallest absolute Gasteiger partial charge is 0.410 e. The maximum absolute atomic E-state index is 14.5. The molecule has 9 heteroatoms. The standard InChI is InChI=1S/C33H37FN4O4/c1-33(2,3)25-13-15-27(16-14-25)38(29(24-11-7-17-35-19-24)31(40)36-20-26(34)21-36)30(39)28-12-8-18-37(28)32(41)42-22-23-9-5-4-6-10-23/h4-7,9-11,13-17,19,26,28-29H,8,12,18,20-22H2,1-3H3/t28-,29?/m1/s1. The fourth-order valence-electron chi connectivity index (χ4n) is 5.45. The average molecular weight is 573 g/mol. The zero-order chi connectivity index (χ0) is 29.9. The van der Waals surface area contributed by atoms with E-state index in [0.717, 1.165) is 11.1 Å². The molecule has 2 aromatic carbocycles. The molecule has 2 aliphatic heterocycles. The Balaban J connectivity index is 1.50. The van der Waals surface area contributed by atoms with Crippen molar-refractivity contribution < 1.29 is 23.5 Å². The summed E-state index contributed by atoms with van der Waals surface area (Å²) in [7, 11) is 0. The number of anilines is 1. The predicted molar refractivity (Wildman–Crippen MR) is 157 cm³/mol. The summed E-state index contributed by atoms with van der Waals surface area (Å²) in [6.45, 7) is 6.70. The van der Waals surface area contributed by atoms with Crippen molar-refractivity contribution in [3.8, 4) is 0 Å². The Bertz CT molecular complexity index is 1390. The van der Waals surface area contributed by atoms with E-state index in [1.807, 2.05) is 54.6 Å². The molecular formula is C33H37FN4O4. The van der Waals surface area contributed by atoms with Crippen molar-refractivity contribution in [2.24, 2.45) is 0 Å².